The molecule has 1 heterocycles. The third kappa shape index (κ3) is 4.58. The van der Waals surface area contributed by atoms with Gasteiger partial charge in [-0.3, -0.25) is 14.7 Å². The molecule has 6 nitrogen and oxygen atoms in total. The molecule has 2 rings (SSSR count). The molecule has 1 amide bonds. The lowest BCUT2D eigenvalue weighted by Crippen LogP contribution is -2.43. The van der Waals surface area contributed by atoms with Crippen LogP contribution in [0.1, 0.15) is 80.9 Å². The van der Waals surface area contributed by atoms with Crippen molar-refractivity contribution in [2.45, 2.75) is 70.3 Å². The fourth-order valence-corrected chi connectivity index (χ4v) is 2.93. The van der Waals surface area contributed by atoms with Gasteiger partial charge in [0.15, 0.2) is 0 Å². The Morgan fingerprint density at radius 1 is 1.36 bits per heavy atom. The Morgan fingerprint density at radius 3 is 2.68 bits per heavy atom. The van der Waals surface area contributed by atoms with E-state index in [-0.39, 0.29) is 12.3 Å². The van der Waals surface area contributed by atoms with Crippen LogP contribution in [0.5, 0.6) is 0 Å². The van der Waals surface area contributed by atoms with E-state index < -0.39 is 11.5 Å². The highest BCUT2D eigenvalue weighted by molar-refractivity contribution is 5.92. The summed E-state index contributed by atoms with van der Waals surface area (Å²) in [6, 6.07) is 1.83. The Hall–Kier alpha value is -1.85. The molecule has 1 aliphatic carbocycles. The first-order chi connectivity index (χ1) is 10.4. The predicted molar refractivity (Wildman–Crippen MR) is 82.8 cm³/mol. The Labute approximate surface area is 130 Å². The third-order valence-electron chi connectivity index (χ3n) is 4.29. The van der Waals surface area contributed by atoms with Crippen LogP contribution in [0, 0.1) is 0 Å². The summed E-state index contributed by atoms with van der Waals surface area (Å²) in [4.78, 5) is 22.9. The molecular weight excluding hydrogens is 282 g/mol. The van der Waals surface area contributed by atoms with Gasteiger partial charge in [-0.2, -0.15) is 5.10 Å². The normalized spacial score (nSPS) is 16.5. The summed E-state index contributed by atoms with van der Waals surface area (Å²) in [7, 11) is 0. The molecule has 0 spiro atoms. The minimum absolute atomic E-state index is 0.0289. The summed E-state index contributed by atoms with van der Waals surface area (Å²) in [5.41, 5.74) is 0.844. The minimum atomic E-state index is -0.860. The lowest BCUT2D eigenvalue weighted by Gasteiger charge is -2.25. The highest BCUT2D eigenvalue weighted by atomic mass is 16.4. The third-order valence-corrected chi connectivity index (χ3v) is 4.29. The molecule has 0 unspecified atom stereocenters. The fourth-order valence-electron chi connectivity index (χ4n) is 2.93. The molecule has 122 valence electrons. The molecular formula is C16H25N3O3. The van der Waals surface area contributed by atoms with Gasteiger partial charge in [-0.1, -0.05) is 19.3 Å². The van der Waals surface area contributed by atoms with Crippen molar-refractivity contribution in [2.24, 2.45) is 0 Å². The van der Waals surface area contributed by atoms with Gasteiger partial charge >= 0.3 is 5.97 Å². The number of aromatic amines is 1. The largest absolute Gasteiger partial charge is 0.481 e. The molecule has 0 bridgehead atoms. The van der Waals surface area contributed by atoms with Gasteiger partial charge in [0.1, 0.15) is 5.69 Å². The molecule has 0 saturated heterocycles. The van der Waals surface area contributed by atoms with Crippen LogP contribution in [0.15, 0.2) is 6.07 Å². The van der Waals surface area contributed by atoms with E-state index in [0.29, 0.717) is 18.0 Å². The summed E-state index contributed by atoms with van der Waals surface area (Å²) in [6.07, 6.45) is 6.45. The second kappa shape index (κ2) is 6.94. The average molecular weight is 307 g/mol. The zero-order valence-corrected chi connectivity index (χ0v) is 13.3. The van der Waals surface area contributed by atoms with Gasteiger partial charge in [-0.05, 0) is 39.2 Å². The molecule has 1 aromatic rings. The lowest BCUT2D eigenvalue weighted by molar-refractivity contribution is -0.137. The zero-order valence-electron chi connectivity index (χ0n) is 13.3. The number of nitrogens with one attached hydrogen (secondary N) is 2. The van der Waals surface area contributed by atoms with Crippen LogP contribution in [-0.2, 0) is 4.79 Å². The molecule has 1 aromatic heterocycles. The maximum absolute atomic E-state index is 12.3. The highest BCUT2D eigenvalue weighted by Gasteiger charge is 2.25. The smallest absolute Gasteiger partial charge is 0.303 e. The number of hydrogen-bond acceptors (Lipinski definition) is 3. The monoisotopic (exact) mass is 307 g/mol. The van der Waals surface area contributed by atoms with Crippen molar-refractivity contribution in [3.05, 3.63) is 17.5 Å². The predicted octanol–water partition coefficient (Wildman–Crippen LogP) is 2.83. The first-order valence-electron chi connectivity index (χ1n) is 7.97. The van der Waals surface area contributed by atoms with E-state index in [9.17, 15) is 9.59 Å². The van der Waals surface area contributed by atoms with E-state index >= 15 is 0 Å². The Kier molecular flexibility index (Phi) is 5.21. The van der Waals surface area contributed by atoms with Crippen LogP contribution in [-0.4, -0.2) is 32.7 Å². The lowest BCUT2D eigenvalue weighted by atomic mass is 9.87. The number of aliphatic carboxylic acids is 1. The van der Waals surface area contributed by atoms with Crippen LogP contribution >= 0.6 is 0 Å². The second-order valence-corrected chi connectivity index (χ2v) is 6.78. The number of carbonyl (C=O) groups excluding carboxylic acids is 1. The molecule has 0 radical (unpaired) electrons. The number of aromatic nitrogens is 2. The van der Waals surface area contributed by atoms with Crippen molar-refractivity contribution < 1.29 is 14.7 Å². The Morgan fingerprint density at radius 2 is 2.05 bits per heavy atom. The highest BCUT2D eigenvalue weighted by Crippen LogP contribution is 2.31. The average Bonchev–Trinajstić information content (AvgIpc) is 2.96. The van der Waals surface area contributed by atoms with Crippen molar-refractivity contribution in [2.75, 3.05) is 0 Å². The topological polar surface area (TPSA) is 95.1 Å². The number of carboxylic acid groups (broad SMARTS) is 1. The van der Waals surface area contributed by atoms with Gasteiger partial charge < -0.3 is 10.4 Å². The van der Waals surface area contributed by atoms with Gasteiger partial charge in [0.25, 0.3) is 5.91 Å². The van der Waals surface area contributed by atoms with E-state index in [1.165, 1.54) is 19.3 Å². The quantitative estimate of drug-likeness (QED) is 0.753. The minimum Gasteiger partial charge on any atom is -0.481 e. The Bertz CT molecular complexity index is 530. The number of amides is 1. The number of carbonyl (C=O) groups is 2. The van der Waals surface area contributed by atoms with Gasteiger partial charge in [0.2, 0.25) is 0 Å². The van der Waals surface area contributed by atoms with E-state index in [0.717, 1.165) is 18.5 Å². The number of hydrogen-bond donors (Lipinski definition) is 3. The van der Waals surface area contributed by atoms with Gasteiger partial charge in [-0.25, -0.2) is 0 Å². The molecule has 1 aliphatic rings. The molecule has 0 aliphatic heterocycles. The van der Waals surface area contributed by atoms with E-state index in [4.69, 9.17) is 5.11 Å². The van der Waals surface area contributed by atoms with Crippen molar-refractivity contribution in [3.8, 4) is 0 Å². The van der Waals surface area contributed by atoms with Gasteiger partial charge in [0, 0.05) is 23.6 Å². The summed E-state index contributed by atoms with van der Waals surface area (Å²) in [5, 5.41) is 18.7. The first kappa shape index (κ1) is 16.5. The van der Waals surface area contributed by atoms with Crippen LogP contribution in [0.3, 0.4) is 0 Å². The Balaban J connectivity index is 1.94. The number of rotatable bonds is 6. The van der Waals surface area contributed by atoms with Crippen LogP contribution in [0.2, 0.25) is 0 Å². The number of carboxylic acids is 1. The summed E-state index contributed by atoms with van der Waals surface area (Å²) in [6.45, 7) is 3.64. The number of H-pyrrole nitrogens is 1. The molecule has 1 fully saturated rings. The summed E-state index contributed by atoms with van der Waals surface area (Å²) < 4.78 is 0. The van der Waals surface area contributed by atoms with Crippen molar-refractivity contribution in [3.63, 3.8) is 0 Å². The fraction of sp³-hybridized carbons (Fsp3) is 0.688. The SMILES string of the molecule is CC(C)(CCC(=O)O)NC(=O)c1cc(C2CCCCC2)[nH]n1. The standard InChI is InChI=1S/C16H25N3O3/c1-16(2,9-8-14(20)21)17-15(22)13-10-12(18-19-13)11-6-4-3-5-7-11/h10-11H,3-9H2,1-2H3,(H,17,22)(H,18,19)(H,20,21). The van der Waals surface area contributed by atoms with Crippen LogP contribution in [0.25, 0.3) is 0 Å². The van der Waals surface area contributed by atoms with Gasteiger partial charge in [0.05, 0.1) is 0 Å². The zero-order chi connectivity index (χ0) is 16.2. The molecule has 0 aromatic carbocycles. The first-order valence-corrected chi connectivity index (χ1v) is 7.97. The summed E-state index contributed by atoms with van der Waals surface area (Å²) >= 11 is 0. The maximum Gasteiger partial charge on any atom is 0.303 e. The maximum atomic E-state index is 12.3. The van der Waals surface area contributed by atoms with Crippen LogP contribution < -0.4 is 5.32 Å². The van der Waals surface area contributed by atoms with E-state index in [2.05, 4.69) is 15.5 Å². The molecule has 6 heteroatoms. The molecule has 0 atom stereocenters. The van der Waals surface area contributed by atoms with E-state index in [1.54, 1.807) is 0 Å². The van der Waals surface area contributed by atoms with Crippen molar-refractivity contribution in [1.82, 2.24) is 15.5 Å². The van der Waals surface area contributed by atoms with E-state index in [1.807, 2.05) is 19.9 Å². The van der Waals surface area contributed by atoms with Crippen LogP contribution in [0.4, 0.5) is 0 Å². The van der Waals surface area contributed by atoms with Gasteiger partial charge in [-0.15, -0.1) is 0 Å². The van der Waals surface area contributed by atoms with Crippen molar-refractivity contribution in [1.29, 1.82) is 0 Å². The number of nitrogens with zero attached hydrogens (tertiary/aromatic N) is 1. The summed E-state index contributed by atoms with van der Waals surface area (Å²) in [5.74, 6) is -0.641. The van der Waals surface area contributed by atoms with Crippen molar-refractivity contribution >= 4 is 11.9 Å². The molecule has 22 heavy (non-hydrogen) atoms. The second-order valence-electron chi connectivity index (χ2n) is 6.78. The molecule has 3 N–H and O–H groups in total. The molecule has 1 saturated carbocycles.